The van der Waals surface area contributed by atoms with Gasteiger partial charge < -0.3 is 10.1 Å². The van der Waals surface area contributed by atoms with E-state index in [1.807, 2.05) is 0 Å². The first-order valence-corrected chi connectivity index (χ1v) is 6.56. The zero-order valence-corrected chi connectivity index (χ0v) is 11.4. The Bertz CT molecular complexity index is 372. The summed E-state index contributed by atoms with van der Waals surface area (Å²) in [4.78, 5) is 0. The van der Waals surface area contributed by atoms with Gasteiger partial charge in [0.2, 0.25) is 0 Å². The maximum absolute atomic E-state index is 5.29. The highest BCUT2D eigenvalue weighted by atomic mass is 79.9. The van der Waals surface area contributed by atoms with Crippen molar-refractivity contribution in [3.05, 3.63) is 27.7 Å². The van der Waals surface area contributed by atoms with Crippen LogP contribution in [0.3, 0.4) is 0 Å². The van der Waals surface area contributed by atoms with Crippen molar-refractivity contribution in [3.63, 3.8) is 0 Å². The molecule has 0 saturated carbocycles. The number of methoxy groups -OCH3 is 1. The van der Waals surface area contributed by atoms with E-state index in [2.05, 4.69) is 40.3 Å². The van der Waals surface area contributed by atoms with E-state index in [0.717, 1.165) is 16.6 Å². The summed E-state index contributed by atoms with van der Waals surface area (Å²) in [6, 6.07) is 4.95. The zero-order valence-electron chi connectivity index (χ0n) is 9.85. The Labute approximate surface area is 106 Å². The van der Waals surface area contributed by atoms with Crippen molar-refractivity contribution in [2.45, 2.75) is 32.2 Å². The Morgan fingerprint density at radius 1 is 1.50 bits per heavy atom. The van der Waals surface area contributed by atoms with Crippen LogP contribution in [0.5, 0.6) is 5.75 Å². The van der Waals surface area contributed by atoms with Gasteiger partial charge in [-0.2, -0.15) is 0 Å². The minimum absolute atomic E-state index is 0.652. The largest absolute Gasteiger partial charge is 0.496 e. The summed E-state index contributed by atoms with van der Waals surface area (Å²) in [5.74, 6) is 0.917. The lowest BCUT2D eigenvalue weighted by atomic mass is 10.00. The van der Waals surface area contributed by atoms with E-state index < -0.39 is 0 Å². The van der Waals surface area contributed by atoms with E-state index in [1.54, 1.807) is 7.11 Å². The molecule has 88 valence electrons. The number of hydrogen-bond donors (Lipinski definition) is 1. The van der Waals surface area contributed by atoms with E-state index in [9.17, 15) is 0 Å². The predicted octanol–water partition coefficient (Wildman–Crippen LogP) is 3.06. The monoisotopic (exact) mass is 283 g/mol. The lowest BCUT2D eigenvalue weighted by Crippen LogP contribution is -2.23. The molecule has 1 fully saturated rings. The molecule has 0 radical (unpaired) electrons. The number of nitrogens with one attached hydrogen (secondary N) is 1. The zero-order chi connectivity index (χ0) is 11.5. The summed E-state index contributed by atoms with van der Waals surface area (Å²) in [5, 5.41) is 3.53. The van der Waals surface area contributed by atoms with E-state index in [4.69, 9.17) is 4.74 Å². The molecular weight excluding hydrogens is 266 g/mol. The Morgan fingerprint density at radius 2 is 2.31 bits per heavy atom. The van der Waals surface area contributed by atoms with Gasteiger partial charge in [0.1, 0.15) is 5.75 Å². The maximum Gasteiger partial charge on any atom is 0.133 e. The number of halogens is 1. The summed E-state index contributed by atoms with van der Waals surface area (Å²) >= 11 is 3.55. The Kier molecular flexibility index (Phi) is 3.87. The fraction of sp³-hybridized carbons (Fsp3) is 0.538. The van der Waals surface area contributed by atoms with Crippen LogP contribution in [0.25, 0.3) is 0 Å². The second-order valence-corrected chi connectivity index (χ2v) is 5.26. The van der Waals surface area contributed by atoms with Crippen molar-refractivity contribution >= 4 is 15.9 Å². The normalized spacial score (nSPS) is 20.1. The molecule has 1 atom stereocenters. The molecule has 0 spiro atoms. The number of rotatable bonds is 3. The van der Waals surface area contributed by atoms with Crippen molar-refractivity contribution in [3.8, 4) is 5.75 Å². The highest BCUT2D eigenvalue weighted by molar-refractivity contribution is 9.10. The van der Waals surface area contributed by atoms with Crippen LogP contribution < -0.4 is 10.1 Å². The van der Waals surface area contributed by atoms with Crippen LogP contribution in [-0.4, -0.2) is 19.7 Å². The molecule has 1 saturated heterocycles. The molecule has 1 heterocycles. The van der Waals surface area contributed by atoms with Crippen molar-refractivity contribution in [2.24, 2.45) is 0 Å². The number of benzene rings is 1. The molecule has 1 aromatic carbocycles. The molecule has 1 aliphatic heterocycles. The summed E-state index contributed by atoms with van der Waals surface area (Å²) in [7, 11) is 1.71. The Hall–Kier alpha value is -0.540. The second kappa shape index (κ2) is 5.19. The average molecular weight is 284 g/mol. The Morgan fingerprint density at radius 3 is 2.94 bits per heavy atom. The van der Waals surface area contributed by atoms with Gasteiger partial charge in [0, 0.05) is 6.04 Å². The third-order valence-electron chi connectivity index (χ3n) is 3.24. The first-order chi connectivity index (χ1) is 7.70. The van der Waals surface area contributed by atoms with Crippen LogP contribution >= 0.6 is 15.9 Å². The van der Waals surface area contributed by atoms with Crippen molar-refractivity contribution < 1.29 is 4.74 Å². The highest BCUT2D eigenvalue weighted by Gasteiger charge is 2.16. The van der Waals surface area contributed by atoms with Gasteiger partial charge in [-0.3, -0.25) is 0 Å². The maximum atomic E-state index is 5.29. The summed E-state index contributed by atoms with van der Waals surface area (Å²) < 4.78 is 6.34. The lowest BCUT2D eigenvalue weighted by Gasteiger charge is -2.14. The highest BCUT2D eigenvalue weighted by Crippen LogP contribution is 2.29. The van der Waals surface area contributed by atoms with Gasteiger partial charge >= 0.3 is 0 Å². The molecule has 0 amide bonds. The molecule has 1 aliphatic rings. The van der Waals surface area contributed by atoms with Crippen LogP contribution in [0, 0.1) is 6.92 Å². The van der Waals surface area contributed by atoms with Crippen LogP contribution in [-0.2, 0) is 6.42 Å². The molecule has 1 aromatic rings. The molecule has 0 aromatic heterocycles. The lowest BCUT2D eigenvalue weighted by molar-refractivity contribution is 0.411. The number of aryl methyl sites for hydroxylation is 1. The Balaban J connectivity index is 2.17. The van der Waals surface area contributed by atoms with Crippen molar-refractivity contribution in [1.82, 2.24) is 5.32 Å². The third kappa shape index (κ3) is 2.58. The van der Waals surface area contributed by atoms with Crippen molar-refractivity contribution in [2.75, 3.05) is 13.7 Å². The molecule has 0 bridgehead atoms. The van der Waals surface area contributed by atoms with E-state index in [1.165, 1.54) is 30.5 Å². The fourth-order valence-corrected chi connectivity index (χ4v) is 2.82. The molecule has 2 rings (SSSR count). The van der Waals surface area contributed by atoms with Gasteiger partial charge in [0.15, 0.2) is 0 Å². The third-order valence-corrected chi connectivity index (χ3v) is 3.86. The van der Waals surface area contributed by atoms with Gasteiger partial charge in [-0.15, -0.1) is 0 Å². The van der Waals surface area contributed by atoms with Gasteiger partial charge in [-0.05, 0) is 71.9 Å². The first kappa shape index (κ1) is 11.9. The molecule has 16 heavy (non-hydrogen) atoms. The van der Waals surface area contributed by atoms with Crippen LogP contribution in [0.15, 0.2) is 16.6 Å². The molecular formula is C13H18BrNO. The van der Waals surface area contributed by atoms with E-state index in [0.29, 0.717) is 6.04 Å². The molecule has 2 nitrogen and oxygen atoms in total. The minimum Gasteiger partial charge on any atom is -0.496 e. The molecule has 1 N–H and O–H groups in total. The quantitative estimate of drug-likeness (QED) is 0.921. The average Bonchev–Trinajstić information content (AvgIpc) is 2.75. The number of hydrogen-bond acceptors (Lipinski definition) is 2. The van der Waals surface area contributed by atoms with Crippen LogP contribution in [0.4, 0.5) is 0 Å². The van der Waals surface area contributed by atoms with Crippen LogP contribution in [0.2, 0.25) is 0 Å². The van der Waals surface area contributed by atoms with Crippen molar-refractivity contribution in [1.29, 1.82) is 0 Å². The molecule has 3 heteroatoms. The second-order valence-electron chi connectivity index (χ2n) is 4.41. The standard InChI is InChI=1S/C13H18BrNO/c1-9-6-13(16-2)12(14)8-10(9)7-11-4-3-5-15-11/h6,8,11,15H,3-5,7H2,1-2H3. The molecule has 0 aliphatic carbocycles. The summed E-state index contributed by atoms with van der Waals surface area (Å²) in [6.07, 6.45) is 3.72. The van der Waals surface area contributed by atoms with Crippen LogP contribution in [0.1, 0.15) is 24.0 Å². The van der Waals surface area contributed by atoms with Gasteiger partial charge in [-0.25, -0.2) is 0 Å². The predicted molar refractivity (Wildman–Crippen MR) is 70.2 cm³/mol. The van der Waals surface area contributed by atoms with E-state index in [-0.39, 0.29) is 0 Å². The van der Waals surface area contributed by atoms with E-state index >= 15 is 0 Å². The number of ether oxygens (including phenoxy) is 1. The summed E-state index contributed by atoms with van der Waals surface area (Å²) in [5.41, 5.74) is 2.72. The first-order valence-electron chi connectivity index (χ1n) is 5.77. The summed E-state index contributed by atoms with van der Waals surface area (Å²) in [6.45, 7) is 3.32. The molecule has 1 unspecified atom stereocenters. The SMILES string of the molecule is COc1cc(C)c(CC2CCCN2)cc1Br. The topological polar surface area (TPSA) is 21.3 Å². The minimum atomic E-state index is 0.652. The fourth-order valence-electron chi connectivity index (χ4n) is 2.27. The van der Waals surface area contributed by atoms with Gasteiger partial charge in [0.05, 0.1) is 11.6 Å². The van der Waals surface area contributed by atoms with Gasteiger partial charge in [-0.1, -0.05) is 0 Å². The smallest absolute Gasteiger partial charge is 0.133 e. The van der Waals surface area contributed by atoms with Gasteiger partial charge in [0.25, 0.3) is 0 Å².